The topological polar surface area (TPSA) is 108 Å². The number of nitrogens with zero attached hydrogens (tertiary/aromatic N) is 1. The minimum atomic E-state index is -1.52. The summed E-state index contributed by atoms with van der Waals surface area (Å²) in [6.07, 6.45) is 106. The van der Waals surface area contributed by atoms with Gasteiger partial charge in [-0.2, -0.15) is 0 Å². The first kappa shape index (κ1) is 87.7. The van der Waals surface area contributed by atoms with Crippen LogP contribution in [0.3, 0.4) is 0 Å². The molecule has 9 nitrogen and oxygen atoms in total. The lowest BCUT2D eigenvalue weighted by atomic mass is 10.0. The first-order valence-electron chi connectivity index (χ1n) is 37.3. The quantitative estimate of drug-likeness (QED) is 0.0211. The molecule has 0 saturated carbocycles. The van der Waals surface area contributed by atoms with Crippen LogP contribution in [-0.4, -0.2) is 87.4 Å². The summed E-state index contributed by atoms with van der Waals surface area (Å²) in [7, 11) is 5.97. The van der Waals surface area contributed by atoms with Gasteiger partial charge in [-0.3, -0.25) is 9.59 Å². The Morgan fingerprint density at radius 2 is 0.581 bits per heavy atom. The molecule has 93 heavy (non-hydrogen) atoms. The van der Waals surface area contributed by atoms with Crippen LogP contribution in [0.5, 0.6) is 0 Å². The second-order valence-corrected chi connectivity index (χ2v) is 25.5. The second-order valence-electron chi connectivity index (χ2n) is 25.5. The molecule has 526 valence electrons. The molecular weight excluding hydrogens is 1150 g/mol. The van der Waals surface area contributed by atoms with E-state index in [9.17, 15) is 19.5 Å². The number of hydrogen-bond donors (Lipinski definition) is 1. The summed E-state index contributed by atoms with van der Waals surface area (Å²) in [5, 5.41) is 9.76. The SMILES string of the molecule is CC/C=C\C/C=C\C/C=C\C/C=C\C/C=C\C/C=C\C/C=C\C/C=C\CCCCCCCCCCCCCCCCC(=O)OC(COC(=O)CCCCCCCCCCCC/C=C\C/C=C\C/C=C\C/C=C\C/C=C\C/C=C\CC)COC(OCC[N+](C)(C)C)C(=O)O. The third-order valence-electron chi connectivity index (χ3n) is 15.5. The molecule has 0 aliphatic carbocycles. The summed E-state index contributed by atoms with van der Waals surface area (Å²) in [4.78, 5) is 37.7. The summed E-state index contributed by atoms with van der Waals surface area (Å²) >= 11 is 0. The van der Waals surface area contributed by atoms with E-state index in [1.807, 2.05) is 21.1 Å². The fourth-order valence-electron chi connectivity index (χ4n) is 9.86. The van der Waals surface area contributed by atoms with Crippen LogP contribution >= 0.6 is 0 Å². The maximum Gasteiger partial charge on any atom is 0.361 e. The minimum Gasteiger partial charge on any atom is -0.477 e. The number of esters is 2. The maximum atomic E-state index is 13.0. The standard InChI is InChI=1S/C84H137NO8/c1-6-8-10-12-14-16-18-20-22-24-26-28-30-32-34-36-37-38-39-40-41-42-43-44-45-47-49-51-53-55-57-59-61-63-65-67-69-71-73-75-82(87)93-80(79-92-84(83(88)89)90-77-76-85(3,4)5)78-91-81(86)74-72-70-68-66-64-62-60-58-56-54-52-50-48-46-35-33-31-29-27-25-23-21-19-17-15-13-11-9-7-2/h8-11,14-17,20-23,26-29,32-35,37-38,40-41,43-44,48,50,80,84H,6-7,12-13,18-19,24-25,30-31,36,39,42,45-47,49,51-79H2,1-5H3/p+1/b10-8-,11-9-,16-14-,17-15-,22-20-,23-21-,28-26-,29-27-,34-32-,35-33-,38-37-,41-40-,44-43-,50-48-. The van der Waals surface area contributed by atoms with E-state index in [0.29, 0.717) is 17.4 Å². The smallest absolute Gasteiger partial charge is 0.361 e. The lowest BCUT2D eigenvalue weighted by Crippen LogP contribution is -2.40. The molecule has 0 aromatic rings. The highest BCUT2D eigenvalue weighted by molar-refractivity contribution is 5.71. The first-order valence-corrected chi connectivity index (χ1v) is 37.3. The van der Waals surface area contributed by atoms with Crippen molar-refractivity contribution < 1.29 is 42.9 Å². The molecule has 0 amide bonds. The summed E-state index contributed by atoms with van der Waals surface area (Å²) in [6, 6.07) is 0. The number of quaternary nitrogens is 1. The largest absolute Gasteiger partial charge is 0.477 e. The Morgan fingerprint density at radius 1 is 0.323 bits per heavy atom. The molecule has 9 heteroatoms. The molecule has 0 aliphatic rings. The number of unbranched alkanes of at least 4 members (excludes halogenated alkanes) is 24. The zero-order valence-corrected chi connectivity index (χ0v) is 60.1. The molecule has 0 spiro atoms. The molecule has 0 radical (unpaired) electrons. The number of carbonyl (C=O) groups excluding carboxylic acids is 2. The number of carboxylic acid groups (broad SMARTS) is 1. The van der Waals surface area contributed by atoms with Gasteiger partial charge >= 0.3 is 17.9 Å². The molecule has 0 rings (SSSR count). The van der Waals surface area contributed by atoms with Crippen LogP contribution in [0.15, 0.2) is 170 Å². The van der Waals surface area contributed by atoms with Gasteiger partial charge in [0, 0.05) is 12.8 Å². The number of likely N-dealkylation sites (N-methyl/N-ethyl adjacent to an activating group) is 1. The molecule has 0 heterocycles. The van der Waals surface area contributed by atoms with Crippen LogP contribution in [0.25, 0.3) is 0 Å². The number of rotatable bonds is 67. The Balaban J connectivity index is 4.13. The van der Waals surface area contributed by atoms with Crippen LogP contribution in [-0.2, 0) is 33.3 Å². The monoisotopic (exact) mass is 1290 g/mol. The van der Waals surface area contributed by atoms with Gasteiger partial charge < -0.3 is 28.5 Å². The van der Waals surface area contributed by atoms with Crippen LogP contribution < -0.4 is 0 Å². The van der Waals surface area contributed by atoms with E-state index in [2.05, 4.69) is 184 Å². The molecule has 0 bridgehead atoms. The molecule has 2 unspecified atom stereocenters. The average Bonchev–Trinajstić information content (AvgIpc) is 3.38. The average molecular weight is 1290 g/mol. The van der Waals surface area contributed by atoms with Gasteiger partial charge in [0.15, 0.2) is 6.10 Å². The molecule has 0 fully saturated rings. The van der Waals surface area contributed by atoms with Crippen molar-refractivity contribution >= 4 is 17.9 Å². The van der Waals surface area contributed by atoms with E-state index in [1.54, 1.807) is 0 Å². The van der Waals surface area contributed by atoms with Gasteiger partial charge in [-0.15, -0.1) is 0 Å². The van der Waals surface area contributed by atoms with Crippen LogP contribution in [0.4, 0.5) is 0 Å². The third-order valence-corrected chi connectivity index (χ3v) is 15.5. The molecule has 0 aromatic carbocycles. The van der Waals surface area contributed by atoms with Crippen LogP contribution in [0.2, 0.25) is 0 Å². The number of carboxylic acids is 1. The summed E-state index contributed by atoms with van der Waals surface area (Å²) < 4.78 is 23.0. The number of hydrogen-bond acceptors (Lipinski definition) is 7. The number of ether oxygens (including phenoxy) is 4. The van der Waals surface area contributed by atoms with Gasteiger partial charge in [0.2, 0.25) is 0 Å². The van der Waals surface area contributed by atoms with Crippen molar-refractivity contribution in [2.45, 2.75) is 296 Å². The van der Waals surface area contributed by atoms with E-state index < -0.39 is 24.3 Å². The molecule has 1 N–H and O–H groups in total. The maximum absolute atomic E-state index is 13.0. The molecular formula is C84H138NO8+. The van der Waals surface area contributed by atoms with E-state index in [4.69, 9.17) is 18.9 Å². The molecule has 0 aliphatic heterocycles. The number of aliphatic carboxylic acids is 1. The van der Waals surface area contributed by atoms with Crippen molar-refractivity contribution in [2.75, 3.05) is 47.5 Å². The van der Waals surface area contributed by atoms with Crippen molar-refractivity contribution in [3.05, 3.63) is 170 Å². The Bertz CT molecular complexity index is 2140. The van der Waals surface area contributed by atoms with Crippen molar-refractivity contribution in [2.24, 2.45) is 0 Å². The second kappa shape index (κ2) is 72.5. The minimum absolute atomic E-state index is 0.180. The summed E-state index contributed by atoms with van der Waals surface area (Å²) in [5.74, 6) is -2.02. The van der Waals surface area contributed by atoms with E-state index >= 15 is 0 Å². The Labute approximate surface area is 571 Å². The lowest BCUT2D eigenvalue weighted by molar-refractivity contribution is -0.870. The third kappa shape index (κ3) is 73.9. The highest BCUT2D eigenvalue weighted by Gasteiger charge is 2.25. The molecule has 0 aromatic heterocycles. The Kier molecular flexibility index (Phi) is 68.3. The first-order chi connectivity index (χ1) is 45.6. The Morgan fingerprint density at radius 3 is 0.860 bits per heavy atom. The fourth-order valence-corrected chi connectivity index (χ4v) is 9.86. The van der Waals surface area contributed by atoms with Gasteiger partial charge in [-0.25, -0.2) is 4.79 Å². The molecule has 0 saturated heterocycles. The highest BCUT2D eigenvalue weighted by Crippen LogP contribution is 2.17. The summed E-state index contributed by atoms with van der Waals surface area (Å²) in [5.41, 5.74) is 0. The van der Waals surface area contributed by atoms with E-state index in [0.717, 1.165) is 135 Å². The van der Waals surface area contributed by atoms with Crippen molar-refractivity contribution in [3.63, 3.8) is 0 Å². The van der Waals surface area contributed by atoms with Crippen molar-refractivity contribution in [3.8, 4) is 0 Å². The fraction of sp³-hybridized carbons (Fsp3) is 0.631. The van der Waals surface area contributed by atoms with E-state index in [1.165, 1.54) is 116 Å². The summed E-state index contributed by atoms with van der Waals surface area (Å²) in [6.45, 7) is 4.64. The Hall–Kier alpha value is -5.35. The zero-order valence-electron chi connectivity index (χ0n) is 60.1. The number of allylic oxidation sites excluding steroid dienone is 28. The van der Waals surface area contributed by atoms with Gasteiger partial charge in [-0.1, -0.05) is 312 Å². The lowest BCUT2D eigenvalue weighted by Gasteiger charge is -2.25. The zero-order chi connectivity index (χ0) is 67.5. The number of carbonyl (C=O) groups is 3. The van der Waals surface area contributed by atoms with Gasteiger partial charge in [0.05, 0.1) is 34.4 Å². The predicted octanol–water partition coefficient (Wildman–Crippen LogP) is 23.8. The van der Waals surface area contributed by atoms with Crippen molar-refractivity contribution in [1.82, 2.24) is 0 Å². The van der Waals surface area contributed by atoms with E-state index in [-0.39, 0.29) is 38.6 Å². The molecule has 2 atom stereocenters. The van der Waals surface area contributed by atoms with Crippen LogP contribution in [0, 0.1) is 0 Å². The predicted molar refractivity (Wildman–Crippen MR) is 400 cm³/mol. The van der Waals surface area contributed by atoms with Crippen LogP contribution in [0.1, 0.15) is 284 Å². The highest BCUT2D eigenvalue weighted by atomic mass is 16.7. The van der Waals surface area contributed by atoms with Gasteiger partial charge in [-0.05, 0) is 128 Å². The van der Waals surface area contributed by atoms with Gasteiger partial charge in [0.1, 0.15) is 13.2 Å². The van der Waals surface area contributed by atoms with Gasteiger partial charge in [0.25, 0.3) is 6.29 Å². The normalized spacial score (nSPS) is 13.7. The van der Waals surface area contributed by atoms with Crippen molar-refractivity contribution in [1.29, 1.82) is 0 Å².